The predicted molar refractivity (Wildman–Crippen MR) is 65.2 cm³/mol. The molecule has 0 atom stereocenters. The lowest BCUT2D eigenvalue weighted by Gasteiger charge is -2.33. The molecule has 1 aromatic rings. The summed E-state index contributed by atoms with van der Waals surface area (Å²) in [6.07, 6.45) is 1.54. The minimum Gasteiger partial charge on any atom is -0.354 e. The number of likely N-dealkylation sites (N-methyl/N-ethyl adjacent to an activating group) is 1. The van der Waals surface area contributed by atoms with Crippen LogP contribution in [0.15, 0.2) is 12.3 Å². The van der Waals surface area contributed by atoms with E-state index in [0.29, 0.717) is 10.7 Å². The lowest BCUT2D eigenvalue weighted by atomic mass is 10.3. The largest absolute Gasteiger partial charge is 0.354 e. The molecule has 0 N–H and O–H groups in total. The van der Waals surface area contributed by atoms with Gasteiger partial charge in [-0.05, 0) is 13.1 Å². The number of rotatable bonds is 1. The van der Waals surface area contributed by atoms with Gasteiger partial charge < -0.3 is 9.80 Å². The minimum absolute atomic E-state index is 0.416. The van der Waals surface area contributed by atoms with Crippen LogP contribution in [0.3, 0.4) is 0 Å². The maximum Gasteiger partial charge on any atom is 0.223 e. The fourth-order valence-corrected chi connectivity index (χ4v) is 1.89. The lowest BCUT2D eigenvalue weighted by Crippen LogP contribution is -2.44. The van der Waals surface area contributed by atoms with E-state index < -0.39 is 0 Å². The van der Waals surface area contributed by atoms with Crippen LogP contribution in [0.2, 0.25) is 5.02 Å². The van der Waals surface area contributed by atoms with Crippen molar-refractivity contribution < 1.29 is 0 Å². The van der Waals surface area contributed by atoms with Crippen molar-refractivity contribution in [3.05, 3.63) is 28.7 Å². The van der Waals surface area contributed by atoms with E-state index in [1.54, 1.807) is 12.3 Å². The van der Waals surface area contributed by atoms with Gasteiger partial charge in [0.25, 0.3) is 0 Å². The summed E-state index contributed by atoms with van der Waals surface area (Å²) in [5.41, 5.74) is 0.416. The number of nitrogens with zero attached hydrogens (tertiary/aromatic N) is 4. The van der Waals surface area contributed by atoms with Gasteiger partial charge in [0.15, 0.2) is 0 Å². The molecule has 0 amide bonds. The van der Waals surface area contributed by atoms with Crippen molar-refractivity contribution in [2.75, 3.05) is 38.1 Å². The van der Waals surface area contributed by atoms with Crippen molar-refractivity contribution in [1.82, 2.24) is 9.88 Å². The van der Waals surface area contributed by atoms with E-state index in [4.69, 9.17) is 18.2 Å². The molecule has 2 heterocycles. The van der Waals surface area contributed by atoms with E-state index in [-0.39, 0.29) is 0 Å². The molecule has 1 aliphatic heterocycles. The van der Waals surface area contributed by atoms with Crippen LogP contribution >= 0.6 is 11.6 Å². The first kappa shape index (κ1) is 11.2. The normalized spacial score (nSPS) is 17.2. The van der Waals surface area contributed by atoms with Crippen LogP contribution in [-0.4, -0.2) is 43.1 Å². The maximum absolute atomic E-state index is 6.91. The Hall–Kier alpha value is -1.31. The van der Waals surface area contributed by atoms with E-state index in [9.17, 15) is 0 Å². The summed E-state index contributed by atoms with van der Waals surface area (Å²) in [6, 6.07) is 1.78. The fraction of sp³-hybridized carbons (Fsp3) is 0.455. The number of piperazine rings is 1. The molecule has 1 saturated heterocycles. The smallest absolute Gasteiger partial charge is 0.223 e. The third-order valence-corrected chi connectivity index (χ3v) is 3.07. The standard InChI is InChI=1S/C11H13ClN4/c1-13-10-8-14-11(7-9(10)12)16-5-3-15(2)4-6-16/h7-8H,3-6H2,2H3. The summed E-state index contributed by atoms with van der Waals surface area (Å²) in [5, 5.41) is 0.485. The van der Waals surface area contributed by atoms with Crippen LogP contribution in [-0.2, 0) is 0 Å². The molecular weight excluding hydrogens is 224 g/mol. The molecule has 1 aliphatic rings. The number of halogens is 1. The number of pyridine rings is 1. The summed E-state index contributed by atoms with van der Waals surface area (Å²) >= 11 is 5.99. The van der Waals surface area contributed by atoms with Gasteiger partial charge in [0.2, 0.25) is 5.69 Å². The molecule has 0 aromatic carbocycles. The Kier molecular flexibility index (Phi) is 3.28. The molecule has 1 aromatic heterocycles. The second-order valence-corrected chi connectivity index (χ2v) is 4.30. The highest BCUT2D eigenvalue weighted by molar-refractivity contribution is 6.33. The SMILES string of the molecule is [C-]#[N+]c1cnc(N2CCN(C)CC2)cc1Cl. The number of anilines is 1. The van der Waals surface area contributed by atoms with Crippen LogP contribution in [0, 0.1) is 6.57 Å². The topological polar surface area (TPSA) is 23.7 Å². The minimum atomic E-state index is 0.416. The Bertz CT molecular complexity index is 418. The van der Waals surface area contributed by atoms with Crippen molar-refractivity contribution in [1.29, 1.82) is 0 Å². The fourth-order valence-electron chi connectivity index (χ4n) is 1.70. The Balaban J connectivity index is 2.16. The summed E-state index contributed by atoms with van der Waals surface area (Å²) in [4.78, 5) is 12.0. The second-order valence-electron chi connectivity index (χ2n) is 3.90. The summed E-state index contributed by atoms with van der Waals surface area (Å²) in [7, 11) is 2.11. The van der Waals surface area contributed by atoms with Crippen LogP contribution in [0.25, 0.3) is 4.85 Å². The highest BCUT2D eigenvalue weighted by Crippen LogP contribution is 2.27. The van der Waals surface area contributed by atoms with Crippen LogP contribution in [0.1, 0.15) is 0 Å². The Labute approximate surface area is 100 Å². The summed E-state index contributed by atoms with van der Waals surface area (Å²) in [6.45, 7) is 10.9. The average Bonchev–Trinajstić information content (AvgIpc) is 2.30. The van der Waals surface area contributed by atoms with Crippen molar-refractivity contribution >= 4 is 23.1 Å². The lowest BCUT2D eigenvalue weighted by molar-refractivity contribution is 0.312. The molecule has 16 heavy (non-hydrogen) atoms. The van der Waals surface area contributed by atoms with Crippen LogP contribution in [0.5, 0.6) is 0 Å². The number of hydrogen-bond acceptors (Lipinski definition) is 3. The molecule has 0 radical (unpaired) electrons. The molecule has 0 spiro atoms. The Morgan fingerprint density at radius 1 is 1.38 bits per heavy atom. The zero-order valence-corrected chi connectivity index (χ0v) is 9.91. The Morgan fingerprint density at radius 3 is 2.62 bits per heavy atom. The first-order valence-corrected chi connectivity index (χ1v) is 5.55. The summed E-state index contributed by atoms with van der Waals surface area (Å²) < 4.78 is 0. The molecule has 5 heteroatoms. The highest BCUT2D eigenvalue weighted by Gasteiger charge is 2.16. The van der Waals surface area contributed by atoms with Gasteiger partial charge in [-0.3, -0.25) is 4.98 Å². The molecular formula is C11H13ClN4. The van der Waals surface area contributed by atoms with Gasteiger partial charge in [-0.25, -0.2) is 4.85 Å². The van der Waals surface area contributed by atoms with Gasteiger partial charge in [0.1, 0.15) is 5.82 Å². The Morgan fingerprint density at radius 2 is 2.06 bits per heavy atom. The van der Waals surface area contributed by atoms with Gasteiger partial charge in [-0.15, -0.1) is 0 Å². The molecule has 0 aliphatic carbocycles. The maximum atomic E-state index is 6.91. The zero-order valence-electron chi connectivity index (χ0n) is 9.15. The predicted octanol–water partition coefficient (Wildman–Crippen LogP) is 2.04. The third-order valence-electron chi connectivity index (χ3n) is 2.77. The van der Waals surface area contributed by atoms with E-state index in [2.05, 4.69) is 26.7 Å². The highest BCUT2D eigenvalue weighted by atomic mass is 35.5. The van der Waals surface area contributed by atoms with E-state index in [1.807, 2.05) is 0 Å². The van der Waals surface area contributed by atoms with Crippen LogP contribution in [0.4, 0.5) is 11.5 Å². The molecule has 84 valence electrons. The third kappa shape index (κ3) is 2.26. The van der Waals surface area contributed by atoms with Gasteiger partial charge in [0, 0.05) is 32.4 Å². The van der Waals surface area contributed by atoms with Gasteiger partial charge in [0.05, 0.1) is 11.6 Å². The summed E-state index contributed by atoms with van der Waals surface area (Å²) in [5.74, 6) is 0.866. The van der Waals surface area contributed by atoms with Crippen LogP contribution < -0.4 is 4.90 Å². The molecule has 0 bridgehead atoms. The van der Waals surface area contributed by atoms with Crippen molar-refractivity contribution in [3.63, 3.8) is 0 Å². The molecule has 2 rings (SSSR count). The molecule has 4 nitrogen and oxygen atoms in total. The van der Waals surface area contributed by atoms with Crippen molar-refractivity contribution in [2.24, 2.45) is 0 Å². The van der Waals surface area contributed by atoms with Gasteiger partial charge in [-0.2, -0.15) is 0 Å². The second kappa shape index (κ2) is 4.69. The zero-order chi connectivity index (χ0) is 11.5. The molecule has 0 unspecified atom stereocenters. The quantitative estimate of drug-likeness (QED) is 0.698. The first-order chi connectivity index (χ1) is 7.70. The van der Waals surface area contributed by atoms with Crippen molar-refractivity contribution in [3.8, 4) is 0 Å². The number of aromatic nitrogens is 1. The first-order valence-electron chi connectivity index (χ1n) is 5.17. The number of hydrogen-bond donors (Lipinski definition) is 0. The van der Waals surface area contributed by atoms with E-state index >= 15 is 0 Å². The molecule has 0 saturated carbocycles. The monoisotopic (exact) mass is 236 g/mol. The molecule has 1 fully saturated rings. The van der Waals surface area contributed by atoms with E-state index in [1.165, 1.54) is 0 Å². The van der Waals surface area contributed by atoms with Crippen molar-refractivity contribution in [2.45, 2.75) is 0 Å². The average molecular weight is 237 g/mol. The van der Waals surface area contributed by atoms with Gasteiger partial charge in [-0.1, -0.05) is 11.6 Å². The van der Waals surface area contributed by atoms with Gasteiger partial charge >= 0.3 is 0 Å². The van der Waals surface area contributed by atoms with E-state index in [0.717, 1.165) is 32.0 Å².